The number of hydrogen-bond acceptors (Lipinski definition) is 6. The molecule has 0 aromatic heterocycles. The molecule has 0 saturated carbocycles. The van der Waals surface area contributed by atoms with Crippen LogP contribution in [-0.4, -0.2) is 17.4 Å². The van der Waals surface area contributed by atoms with Gasteiger partial charge in [-0.15, -0.1) is 0 Å². The maximum Gasteiger partial charge on any atom is 0.292 e. The molecule has 34 heavy (non-hydrogen) atoms. The summed E-state index contributed by atoms with van der Waals surface area (Å²) in [5.74, 6) is 0.222. The zero-order valence-corrected chi connectivity index (χ0v) is 19.7. The molecular formula is C25H20BrN3O5. The lowest BCUT2D eigenvalue weighted by molar-refractivity contribution is -0.383. The third-order valence-corrected chi connectivity index (χ3v) is 5.13. The summed E-state index contributed by atoms with van der Waals surface area (Å²) in [4.78, 5) is 23.2. The van der Waals surface area contributed by atoms with E-state index in [0.717, 1.165) is 10.0 Å². The van der Waals surface area contributed by atoms with Gasteiger partial charge in [-0.25, -0.2) is 0 Å². The van der Waals surface area contributed by atoms with Gasteiger partial charge >= 0.3 is 0 Å². The molecule has 0 spiro atoms. The number of anilines is 1. The van der Waals surface area contributed by atoms with E-state index in [2.05, 4.69) is 21.2 Å². The molecule has 0 aliphatic heterocycles. The quantitative estimate of drug-likeness (QED) is 0.162. The molecule has 0 saturated heterocycles. The Hall–Kier alpha value is -4.16. The standard InChI is InChI=1S/C25H20BrN3O5/c1-2-33-24-14-18(9-12-23(24)34-16-17-7-10-20(26)11-8-17)13-19(15-27)25(30)28-21-5-3-4-6-22(21)29(31)32/h3-14H,2,16H2,1H3,(H,28,30)/b19-13-. The van der Waals surface area contributed by atoms with Gasteiger partial charge in [-0.3, -0.25) is 14.9 Å². The number of ether oxygens (including phenoxy) is 2. The van der Waals surface area contributed by atoms with Gasteiger partial charge < -0.3 is 14.8 Å². The van der Waals surface area contributed by atoms with Crippen molar-refractivity contribution in [3.05, 3.63) is 98.0 Å². The Bertz CT molecular complexity index is 1270. The first kappa shape index (κ1) is 24.5. The maximum atomic E-state index is 12.6. The summed E-state index contributed by atoms with van der Waals surface area (Å²) in [5, 5.41) is 23.1. The second-order valence-corrected chi connectivity index (χ2v) is 7.87. The van der Waals surface area contributed by atoms with Crippen molar-refractivity contribution in [1.29, 1.82) is 5.26 Å². The SMILES string of the molecule is CCOc1cc(/C=C(/C#N)C(=O)Nc2ccccc2[N+](=O)[O-])ccc1OCc1ccc(Br)cc1. The van der Waals surface area contributed by atoms with E-state index in [0.29, 0.717) is 30.3 Å². The molecule has 1 N–H and O–H groups in total. The number of nitrogens with one attached hydrogen (secondary N) is 1. The highest BCUT2D eigenvalue weighted by molar-refractivity contribution is 9.10. The van der Waals surface area contributed by atoms with E-state index >= 15 is 0 Å². The third-order valence-electron chi connectivity index (χ3n) is 4.60. The highest BCUT2D eigenvalue weighted by atomic mass is 79.9. The summed E-state index contributed by atoms with van der Waals surface area (Å²) >= 11 is 3.40. The van der Waals surface area contributed by atoms with Crippen LogP contribution in [0.25, 0.3) is 6.08 Å². The van der Waals surface area contributed by atoms with Crippen molar-refractivity contribution < 1.29 is 19.2 Å². The first-order chi connectivity index (χ1) is 16.4. The topological polar surface area (TPSA) is 114 Å². The van der Waals surface area contributed by atoms with Gasteiger partial charge in [0.05, 0.1) is 11.5 Å². The molecule has 0 aliphatic carbocycles. The van der Waals surface area contributed by atoms with E-state index in [9.17, 15) is 20.2 Å². The molecule has 0 radical (unpaired) electrons. The Morgan fingerprint density at radius 3 is 2.53 bits per heavy atom. The van der Waals surface area contributed by atoms with Gasteiger partial charge in [-0.2, -0.15) is 5.26 Å². The number of nitro benzene ring substituents is 1. The lowest BCUT2D eigenvalue weighted by atomic mass is 10.1. The second kappa shape index (κ2) is 11.6. The number of amides is 1. The summed E-state index contributed by atoms with van der Waals surface area (Å²) in [6.45, 7) is 2.57. The second-order valence-electron chi connectivity index (χ2n) is 6.95. The van der Waals surface area contributed by atoms with Gasteiger partial charge in [0.2, 0.25) is 0 Å². The van der Waals surface area contributed by atoms with E-state index < -0.39 is 10.8 Å². The van der Waals surface area contributed by atoms with Crippen LogP contribution < -0.4 is 14.8 Å². The fraction of sp³-hybridized carbons (Fsp3) is 0.120. The van der Waals surface area contributed by atoms with Crippen molar-refractivity contribution in [3.63, 3.8) is 0 Å². The number of nitro groups is 1. The van der Waals surface area contributed by atoms with E-state index in [1.54, 1.807) is 24.3 Å². The number of benzene rings is 3. The van der Waals surface area contributed by atoms with E-state index in [1.807, 2.05) is 37.3 Å². The summed E-state index contributed by atoms with van der Waals surface area (Å²) in [7, 11) is 0. The first-order valence-corrected chi connectivity index (χ1v) is 11.0. The number of nitriles is 1. The van der Waals surface area contributed by atoms with Gasteiger partial charge in [0, 0.05) is 10.5 Å². The van der Waals surface area contributed by atoms with E-state index in [-0.39, 0.29) is 16.9 Å². The minimum absolute atomic E-state index is 0.00495. The summed E-state index contributed by atoms with van der Waals surface area (Å²) in [5.41, 5.74) is 1.04. The molecule has 3 aromatic rings. The predicted octanol–water partition coefficient (Wildman–Crippen LogP) is 5.88. The summed E-state index contributed by atoms with van der Waals surface area (Å²) < 4.78 is 12.5. The Kier molecular flexibility index (Phi) is 8.37. The molecule has 0 fully saturated rings. The van der Waals surface area contributed by atoms with Crippen LogP contribution in [-0.2, 0) is 11.4 Å². The number of rotatable bonds is 9. The van der Waals surface area contributed by atoms with Crippen LogP contribution in [0.4, 0.5) is 11.4 Å². The molecule has 3 rings (SSSR count). The van der Waals surface area contributed by atoms with Crippen LogP contribution in [0, 0.1) is 21.4 Å². The average molecular weight is 522 g/mol. The van der Waals surface area contributed by atoms with Crippen LogP contribution in [0.2, 0.25) is 0 Å². The van der Waals surface area contributed by atoms with Gasteiger partial charge in [-0.1, -0.05) is 46.3 Å². The summed E-state index contributed by atoms with van der Waals surface area (Å²) in [6.07, 6.45) is 1.38. The van der Waals surface area contributed by atoms with Crippen molar-refractivity contribution in [2.75, 3.05) is 11.9 Å². The monoisotopic (exact) mass is 521 g/mol. The lowest BCUT2D eigenvalue weighted by Gasteiger charge is -2.13. The lowest BCUT2D eigenvalue weighted by Crippen LogP contribution is -2.14. The van der Waals surface area contributed by atoms with Crippen LogP contribution >= 0.6 is 15.9 Å². The van der Waals surface area contributed by atoms with Gasteiger partial charge in [-0.05, 0) is 54.5 Å². The fourth-order valence-corrected chi connectivity index (χ4v) is 3.25. The van der Waals surface area contributed by atoms with Crippen LogP contribution in [0.15, 0.2) is 76.8 Å². The molecule has 0 atom stereocenters. The molecule has 1 amide bonds. The van der Waals surface area contributed by atoms with Crippen molar-refractivity contribution >= 4 is 39.3 Å². The number of halogens is 1. The predicted molar refractivity (Wildman–Crippen MR) is 131 cm³/mol. The van der Waals surface area contributed by atoms with Gasteiger partial charge in [0.15, 0.2) is 11.5 Å². The number of carbonyl (C=O) groups is 1. The zero-order valence-electron chi connectivity index (χ0n) is 18.2. The van der Waals surface area contributed by atoms with Crippen LogP contribution in [0.1, 0.15) is 18.1 Å². The highest BCUT2D eigenvalue weighted by Gasteiger charge is 2.17. The highest BCUT2D eigenvalue weighted by Crippen LogP contribution is 2.30. The zero-order chi connectivity index (χ0) is 24.5. The Morgan fingerprint density at radius 2 is 1.85 bits per heavy atom. The van der Waals surface area contributed by atoms with Crippen molar-refractivity contribution in [1.82, 2.24) is 0 Å². The Labute approximate surface area is 204 Å². The first-order valence-electron chi connectivity index (χ1n) is 10.2. The number of hydrogen-bond donors (Lipinski definition) is 1. The molecule has 0 bridgehead atoms. The van der Waals surface area contributed by atoms with Gasteiger partial charge in [0.1, 0.15) is 23.9 Å². The number of nitrogens with zero attached hydrogens (tertiary/aromatic N) is 2. The average Bonchev–Trinajstić information content (AvgIpc) is 2.83. The van der Waals surface area contributed by atoms with E-state index in [1.165, 1.54) is 24.3 Å². The Morgan fingerprint density at radius 1 is 1.12 bits per heavy atom. The van der Waals surface area contributed by atoms with Crippen LogP contribution in [0.3, 0.4) is 0 Å². The Balaban J connectivity index is 1.80. The molecule has 0 unspecified atom stereocenters. The van der Waals surface area contributed by atoms with Crippen molar-refractivity contribution in [3.8, 4) is 17.6 Å². The minimum Gasteiger partial charge on any atom is -0.490 e. The molecule has 3 aromatic carbocycles. The molecule has 0 aliphatic rings. The maximum absolute atomic E-state index is 12.6. The smallest absolute Gasteiger partial charge is 0.292 e. The van der Waals surface area contributed by atoms with Gasteiger partial charge in [0.25, 0.3) is 11.6 Å². The molecule has 172 valence electrons. The van der Waals surface area contributed by atoms with Crippen molar-refractivity contribution in [2.24, 2.45) is 0 Å². The molecule has 0 heterocycles. The third kappa shape index (κ3) is 6.43. The normalized spacial score (nSPS) is 10.8. The number of carbonyl (C=O) groups excluding carboxylic acids is 1. The molecular weight excluding hydrogens is 502 g/mol. The van der Waals surface area contributed by atoms with Crippen LogP contribution in [0.5, 0.6) is 11.5 Å². The fourth-order valence-electron chi connectivity index (χ4n) is 2.99. The number of para-hydroxylation sites is 2. The van der Waals surface area contributed by atoms with Crippen molar-refractivity contribution in [2.45, 2.75) is 13.5 Å². The summed E-state index contributed by atoms with van der Waals surface area (Å²) in [6, 6.07) is 20.3. The molecule has 8 nitrogen and oxygen atoms in total. The molecule has 9 heteroatoms. The largest absolute Gasteiger partial charge is 0.490 e. The minimum atomic E-state index is -0.759. The van der Waals surface area contributed by atoms with E-state index in [4.69, 9.17) is 9.47 Å².